The SMILES string of the molecule is CC(=O)N1CCN(C(=O)CCNC(=O)CCS(C)(=O)=O)CC1. The van der Waals surface area contributed by atoms with E-state index < -0.39 is 9.84 Å². The van der Waals surface area contributed by atoms with Crippen molar-refractivity contribution in [2.24, 2.45) is 0 Å². The third-order valence-corrected chi connectivity index (χ3v) is 4.38. The summed E-state index contributed by atoms with van der Waals surface area (Å²) in [6.45, 7) is 3.75. The van der Waals surface area contributed by atoms with Crippen molar-refractivity contribution in [3.8, 4) is 0 Å². The summed E-state index contributed by atoms with van der Waals surface area (Å²) in [4.78, 5) is 37.9. The Labute approximate surface area is 130 Å². The van der Waals surface area contributed by atoms with E-state index >= 15 is 0 Å². The first-order valence-corrected chi connectivity index (χ1v) is 9.23. The van der Waals surface area contributed by atoms with Crippen molar-refractivity contribution < 1.29 is 22.8 Å². The predicted molar refractivity (Wildman–Crippen MR) is 80.8 cm³/mol. The number of piperazine rings is 1. The van der Waals surface area contributed by atoms with Crippen LogP contribution in [0.15, 0.2) is 0 Å². The molecule has 0 aliphatic carbocycles. The van der Waals surface area contributed by atoms with Crippen LogP contribution in [0, 0.1) is 0 Å². The molecule has 1 aliphatic heterocycles. The van der Waals surface area contributed by atoms with Crippen LogP contribution in [0.5, 0.6) is 0 Å². The van der Waals surface area contributed by atoms with Gasteiger partial charge in [-0.05, 0) is 0 Å². The average Bonchev–Trinajstić information content (AvgIpc) is 2.44. The molecular weight excluding hydrogens is 310 g/mol. The molecule has 0 saturated carbocycles. The lowest BCUT2D eigenvalue weighted by atomic mass is 10.2. The highest BCUT2D eigenvalue weighted by Crippen LogP contribution is 2.03. The van der Waals surface area contributed by atoms with Crippen molar-refractivity contribution in [2.45, 2.75) is 19.8 Å². The molecule has 0 spiro atoms. The highest BCUT2D eigenvalue weighted by molar-refractivity contribution is 7.90. The molecule has 0 aromatic heterocycles. The van der Waals surface area contributed by atoms with Gasteiger partial charge in [0.2, 0.25) is 17.7 Å². The Bertz CT molecular complexity index is 524. The molecular formula is C13H23N3O5S. The highest BCUT2D eigenvalue weighted by atomic mass is 32.2. The van der Waals surface area contributed by atoms with Crippen molar-refractivity contribution in [3.05, 3.63) is 0 Å². The molecule has 0 aromatic carbocycles. The number of amides is 3. The monoisotopic (exact) mass is 333 g/mol. The number of nitrogens with zero attached hydrogens (tertiary/aromatic N) is 2. The number of carbonyl (C=O) groups excluding carboxylic acids is 3. The zero-order chi connectivity index (χ0) is 16.8. The first-order chi connectivity index (χ1) is 10.2. The molecule has 0 bridgehead atoms. The smallest absolute Gasteiger partial charge is 0.224 e. The van der Waals surface area contributed by atoms with Gasteiger partial charge in [-0.15, -0.1) is 0 Å². The van der Waals surface area contributed by atoms with Gasteiger partial charge in [0.15, 0.2) is 0 Å². The molecule has 1 fully saturated rings. The fourth-order valence-electron chi connectivity index (χ4n) is 2.10. The number of sulfone groups is 1. The Kier molecular flexibility index (Phi) is 6.79. The fourth-order valence-corrected chi connectivity index (χ4v) is 2.66. The van der Waals surface area contributed by atoms with Crippen LogP contribution < -0.4 is 5.32 Å². The molecule has 1 saturated heterocycles. The van der Waals surface area contributed by atoms with Crippen molar-refractivity contribution in [3.63, 3.8) is 0 Å². The largest absolute Gasteiger partial charge is 0.356 e. The van der Waals surface area contributed by atoms with Gasteiger partial charge >= 0.3 is 0 Å². The van der Waals surface area contributed by atoms with Crippen molar-refractivity contribution in [1.82, 2.24) is 15.1 Å². The number of carbonyl (C=O) groups is 3. The number of nitrogens with one attached hydrogen (secondary N) is 1. The first-order valence-electron chi connectivity index (χ1n) is 7.17. The van der Waals surface area contributed by atoms with E-state index in [-0.39, 0.29) is 42.9 Å². The van der Waals surface area contributed by atoms with Gasteiger partial charge in [0, 0.05) is 58.7 Å². The summed E-state index contributed by atoms with van der Waals surface area (Å²) >= 11 is 0. The fraction of sp³-hybridized carbons (Fsp3) is 0.769. The van der Waals surface area contributed by atoms with Crippen LogP contribution in [0.1, 0.15) is 19.8 Å². The maximum absolute atomic E-state index is 11.9. The van der Waals surface area contributed by atoms with E-state index in [0.29, 0.717) is 26.2 Å². The Morgan fingerprint density at radius 2 is 1.55 bits per heavy atom. The molecule has 1 rings (SSSR count). The Hall–Kier alpha value is -1.64. The number of hydrogen-bond acceptors (Lipinski definition) is 5. The lowest BCUT2D eigenvalue weighted by Crippen LogP contribution is -2.50. The summed E-state index contributed by atoms with van der Waals surface area (Å²) < 4.78 is 21.9. The maximum atomic E-state index is 11.9. The van der Waals surface area contributed by atoms with Crippen LogP contribution in [-0.4, -0.2) is 80.7 Å². The van der Waals surface area contributed by atoms with Crippen LogP contribution in [0.3, 0.4) is 0 Å². The lowest BCUT2D eigenvalue weighted by Gasteiger charge is -2.34. The Balaban J connectivity index is 2.21. The van der Waals surface area contributed by atoms with Gasteiger partial charge < -0.3 is 15.1 Å². The van der Waals surface area contributed by atoms with Gasteiger partial charge in [-0.25, -0.2) is 8.42 Å². The van der Waals surface area contributed by atoms with Gasteiger partial charge in [0.25, 0.3) is 0 Å². The minimum Gasteiger partial charge on any atom is -0.356 e. The summed E-state index contributed by atoms with van der Waals surface area (Å²) in [6.07, 6.45) is 1.15. The predicted octanol–water partition coefficient (Wildman–Crippen LogP) is -1.38. The molecule has 0 radical (unpaired) electrons. The zero-order valence-corrected chi connectivity index (χ0v) is 13.8. The molecule has 8 nitrogen and oxygen atoms in total. The second-order valence-electron chi connectivity index (χ2n) is 5.37. The summed E-state index contributed by atoms with van der Waals surface area (Å²) in [7, 11) is -3.16. The second kappa shape index (κ2) is 8.11. The van der Waals surface area contributed by atoms with Gasteiger partial charge in [-0.2, -0.15) is 0 Å². The normalized spacial score (nSPS) is 15.5. The molecule has 1 heterocycles. The number of hydrogen-bond donors (Lipinski definition) is 1. The van der Waals surface area contributed by atoms with Crippen LogP contribution >= 0.6 is 0 Å². The Morgan fingerprint density at radius 1 is 1.00 bits per heavy atom. The van der Waals surface area contributed by atoms with Crippen LogP contribution in [-0.2, 0) is 24.2 Å². The van der Waals surface area contributed by atoms with Crippen molar-refractivity contribution in [2.75, 3.05) is 44.7 Å². The summed E-state index contributed by atoms with van der Waals surface area (Å²) in [5.41, 5.74) is 0. The first kappa shape index (κ1) is 18.4. The minimum absolute atomic E-state index is 0.00485. The van der Waals surface area contributed by atoms with Crippen molar-refractivity contribution in [1.29, 1.82) is 0 Å². The lowest BCUT2D eigenvalue weighted by molar-refractivity contribution is -0.138. The zero-order valence-electron chi connectivity index (χ0n) is 13.0. The molecule has 1 aliphatic rings. The maximum Gasteiger partial charge on any atom is 0.224 e. The summed E-state index contributed by atoms with van der Waals surface area (Å²) in [5.74, 6) is -0.642. The molecule has 126 valence electrons. The summed E-state index contributed by atoms with van der Waals surface area (Å²) in [5, 5.41) is 2.54. The van der Waals surface area contributed by atoms with Gasteiger partial charge in [0.05, 0.1) is 5.75 Å². The van der Waals surface area contributed by atoms with E-state index in [9.17, 15) is 22.8 Å². The third kappa shape index (κ3) is 6.88. The van der Waals surface area contributed by atoms with E-state index in [4.69, 9.17) is 0 Å². The average molecular weight is 333 g/mol. The van der Waals surface area contributed by atoms with E-state index in [1.54, 1.807) is 9.80 Å². The van der Waals surface area contributed by atoms with E-state index in [1.165, 1.54) is 6.92 Å². The van der Waals surface area contributed by atoms with Gasteiger partial charge in [-0.3, -0.25) is 14.4 Å². The van der Waals surface area contributed by atoms with Crippen molar-refractivity contribution >= 4 is 27.6 Å². The summed E-state index contributed by atoms with van der Waals surface area (Å²) in [6, 6.07) is 0. The van der Waals surface area contributed by atoms with Crippen LogP contribution in [0.4, 0.5) is 0 Å². The second-order valence-corrected chi connectivity index (χ2v) is 7.63. The molecule has 3 amide bonds. The molecule has 9 heteroatoms. The van der Waals surface area contributed by atoms with E-state index in [2.05, 4.69) is 5.32 Å². The highest BCUT2D eigenvalue weighted by Gasteiger charge is 2.21. The molecule has 0 aromatic rings. The van der Waals surface area contributed by atoms with Crippen LogP contribution in [0.25, 0.3) is 0 Å². The molecule has 0 atom stereocenters. The van der Waals surface area contributed by atoms with E-state index in [1.807, 2.05) is 0 Å². The molecule has 1 N–H and O–H groups in total. The molecule has 0 unspecified atom stereocenters. The van der Waals surface area contributed by atoms with Gasteiger partial charge in [0.1, 0.15) is 9.84 Å². The Morgan fingerprint density at radius 3 is 2.05 bits per heavy atom. The topological polar surface area (TPSA) is 104 Å². The third-order valence-electron chi connectivity index (χ3n) is 3.44. The standard InChI is InChI=1S/C13H23N3O5S/c1-11(17)15-6-8-16(9-7-15)13(19)3-5-14-12(18)4-10-22(2,20)21/h3-10H2,1-2H3,(H,14,18). The van der Waals surface area contributed by atoms with E-state index in [0.717, 1.165) is 6.26 Å². The van der Waals surface area contributed by atoms with Crippen LogP contribution in [0.2, 0.25) is 0 Å². The molecule has 22 heavy (non-hydrogen) atoms. The van der Waals surface area contributed by atoms with Gasteiger partial charge in [-0.1, -0.05) is 0 Å². The minimum atomic E-state index is -3.16. The quantitative estimate of drug-likeness (QED) is 0.645. The number of rotatable bonds is 6.